The lowest BCUT2D eigenvalue weighted by molar-refractivity contribution is -0.305. The number of amides is 1. The van der Waals surface area contributed by atoms with Gasteiger partial charge in [-0.15, -0.1) is 0 Å². The highest BCUT2D eigenvalue weighted by Crippen LogP contribution is 2.26. The minimum atomic E-state index is -1.61. The van der Waals surface area contributed by atoms with Crippen molar-refractivity contribution in [3.05, 3.63) is 36.5 Å². The molecule has 11 nitrogen and oxygen atoms in total. The number of carbonyl (C=O) groups excluding carboxylic acids is 2. The minimum Gasteiger partial charge on any atom is -0.454 e. The first kappa shape index (κ1) is 64.9. The van der Waals surface area contributed by atoms with Crippen molar-refractivity contribution in [1.29, 1.82) is 0 Å². The Morgan fingerprint density at radius 3 is 1.41 bits per heavy atom. The highest BCUT2D eigenvalue weighted by atomic mass is 16.7. The summed E-state index contributed by atoms with van der Waals surface area (Å²) in [4.78, 5) is 26.4. The quantitative estimate of drug-likeness (QED) is 0.0196. The second-order valence-electron chi connectivity index (χ2n) is 20.0. The first-order valence-electron chi connectivity index (χ1n) is 28.8. The lowest BCUT2D eigenvalue weighted by atomic mass is 9.99. The molecule has 11 heteroatoms. The summed E-state index contributed by atoms with van der Waals surface area (Å²) in [5.74, 6) is -1.21. The van der Waals surface area contributed by atoms with Gasteiger partial charge in [0.15, 0.2) is 12.4 Å². The van der Waals surface area contributed by atoms with E-state index in [1.54, 1.807) is 6.08 Å². The Bertz CT molecular complexity index is 1260. The Labute approximate surface area is 422 Å². The molecule has 69 heavy (non-hydrogen) atoms. The van der Waals surface area contributed by atoms with Crippen molar-refractivity contribution >= 4 is 11.9 Å². The summed E-state index contributed by atoms with van der Waals surface area (Å²) >= 11 is 0. The van der Waals surface area contributed by atoms with Crippen molar-refractivity contribution < 1.29 is 49.3 Å². The fourth-order valence-corrected chi connectivity index (χ4v) is 8.88. The van der Waals surface area contributed by atoms with E-state index in [0.29, 0.717) is 12.8 Å². The van der Waals surface area contributed by atoms with Crippen molar-refractivity contribution in [3.8, 4) is 0 Å². The van der Waals surface area contributed by atoms with Gasteiger partial charge in [-0.3, -0.25) is 9.59 Å². The van der Waals surface area contributed by atoms with Gasteiger partial charge < -0.3 is 45.1 Å². The second-order valence-corrected chi connectivity index (χ2v) is 20.0. The van der Waals surface area contributed by atoms with Gasteiger partial charge in [0.2, 0.25) is 5.91 Å². The van der Waals surface area contributed by atoms with Crippen LogP contribution in [-0.2, 0) is 23.8 Å². The van der Waals surface area contributed by atoms with Gasteiger partial charge in [-0.2, -0.15) is 0 Å². The Kier molecular flexibility index (Phi) is 44.1. The summed E-state index contributed by atoms with van der Waals surface area (Å²) in [6, 6.07) is -1.03. The van der Waals surface area contributed by atoms with Crippen molar-refractivity contribution in [1.82, 2.24) is 5.32 Å². The zero-order chi connectivity index (χ0) is 50.4. The predicted octanol–water partition coefficient (Wildman–Crippen LogP) is 12.7. The number of allylic oxidation sites excluding steroid dienone is 5. The van der Waals surface area contributed by atoms with Crippen LogP contribution in [0.2, 0.25) is 0 Å². The third-order valence-corrected chi connectivity index (χ3v) is 13.5. The van der Waals surface area contributed by atoms with Gasteiger partial charge >= 0.3 is 5.97 Å². The van der Waals surface area contributed by atoms with Gasteiger partial charge in [0.05, 0.1) is 25.4 Å². The van der Waals surface area contributed by atoms with Gasteiger partial charge in [0, 0.05) is 6.42 Å². The van der Waals surface area contributed by atoms with Crippen LogP contribution in [0, 0.1) is 0 Å². The Morgan fingerprint density at radius 1 is 0.551 bits per heavy atom. The maximum Gasteiger partial charge on any atom is 0.306 e. The molecule has 8 unspecified atom stereocenters. The number of rotatable bonds is 48. The highest BCUT2D eigenvalue weighted by molar-refractivity contribution is 5.80. The number of nitrogens with one attached hydrogen (secondary N) is 1. The van der Waals surface area contributed by atoms with Gasteiger partial charge in [0.1, 0.15) is 24.4 Å². The van der Waals surface area contributed by atoms with Crippen LogP contribution in [0.4, 0.5) is 0 Å². The van der Waals surface area contributed by atoms with E-state index in [1.807, 2.05) is 6.08 Å². The molecule has 0 saturated carbocycles. The van der Waals surface area contributed by atoms with E-state index in [2.05, 4.69) is 50.4 Å². The molecule has 8 atom stereocenters. The summed E-state index contributed by atoms with van der Waals surface area (Å²) in [6.07, 6.45) is 43.4. The molecule has 1 heterocycles. The molecule has 0 bridgehead atoms. The topological polar surface area (TPSA) is 175 Å². The van der Waals surface area contributed by atoms with E-state index >= 15 is 0 Å². The fraction of sp³-hybridized carbons (Fsp3) is 0.862. The molecule has 0 aromatic carbocycles. The van der Waals surface area contributed by atoms with Crippen LogP contribution in [0.1, 0.15) is 258 Å². The predicted molar refractivity (Wildman–Crippen MR) is 283 cm³/mol. The molecule has 0 aromatic rings. The van der Waals surface area contributed by atoms with Gasteiger partial charge in [-0.1, -0.05) is 211 Å². The van der Waals surface area contributed by atoms with Crippen LogP contribution in [0.5, 0.6) is 0 Å². The van der Waals surface area contributed by atoms with E-state index in [0.717, 1.165) is 70.6 Å². The Balaban J connectivity index is 2.72. The van der Waals surface area contributed by atoms with Crippen molar-refractivity contribution in [3.63, 3.8) is 0 Å². The molecule has 0 aromatic heterocycles. The number of aliphatic hydroxyl groups is 5. The summed E-state index contributed by atoms with van der Waals surface area (Å²) in [6.45, 7) is 5.75. The zero-order valence-corrected chi connectivity index (χ0v) is 44.4. The first-order valence-corrected chi connectivity index (χ1v) is 28.8. The van der Waals surface area contributed by atoms with E-state index in [-0.39, 0.29) is 19.4 Å². The number of hydrogen-bond acceptors (Lipinski definition) is 10. The number of esters is 1. The fourth-order valence-electron chi connectivity index (χ4n) is 8.88. The molecule has 0 aliphatic carbocycles. The molecule has 1 aliphatic rings. The SMILES string of the molecule is CCCCCCCC/C=C\CCCCC(O)C(=O)NC(COC1OC(CO)C(O)C(O)C1OC(=O)CCCCCCCCC/C=C/CCCCCCCC)C(O)/C=C/CCCCCCCCCCC. The van der Waals surface area contributed by atoms with Crippen LogP contribution in [0.15, 0.2) is 36.5 Å². The summed E-state index contributed by atoms with van der Waals surface area (Å²) in [7, 11) is 0. The van der Waals surface area contributed by atoms with E-state index in [9.17, 15) is 35.1 Å². The third kappa shape index (κ3) is 35.6. The Morgan fingerprint density at radius 2 is 0.957 bits per heavy atom. The second kappa shape index (κ2) is 46.9. The van der Waals surface area contributed by atoms with Gasteiger partial charge in [-0.05, 0) is 77.0 Å². The normalized spacial score (nSPS) is 20.0. The first-order chi connectivity index (χ1) is 33.7. The molecule has 1 rings (SSSR count). The summed E-state index contributed by atoms with van der Waals surface area (Å²) in [5, 5.41) is 56.7. The molecular formula is C58H107NO10. The van der Waals surface area contributed by atoms with Crippen LogP contribution in [0.3, 0.4) is 0 Å². The van der Waals surface area contributed by atoms with E-state index < -0.39 is 67.4 Å². The number of aliphatic hydroxyl groups excluding tert-OH is 5. The zero-order valence-electron chi connectivity index (χ0n) is 44.4. The summed E-state index contributed by atoms with van der Waals surface area (Å²) in [5.41, 5.74) is 0. The molecule has 0 radical (unpaired) electrons. The van der Waals surface area contributed by atoms with Crippen molar-refractivity contribution in [2.45, 2.75) is 307 Å². The largest absolute Gasteiger partial charge is 0.454 e. The average Bonchev–Trinajstić information content (AvgIpc) is 3.34. The monoisotopic (exact) mass is 978 g/mol. The van der Waals surface area contributed by atoms with Crippen molar-refractivity contribution in [2.75, 3.05) is 13.2 Å². The number of hydrogen-bond donors (Lipinski definition) is 6. The number of ether oxygens (including phenoxy) is 3. The van der Waals surface area contributed by atoms with Gasteiger partial charge in [-0.25, -0.2) is 0 Å². The molecule has 404 valence electrons. The van der Waals surface area contributed by atoms with Crippen LogP contribution >= 0.6 is 0 Å². The molecule has 1 fully saturated rings. The van der Waals surface area contributed by atoms with Gasteiger partial charge in [0.25, 0.3) is 0 Å². The maximum absolute atomic E-state index is 13.3. The molecule has 6 N–H and O–H groups in total. The molecular weight excluding hydrogens is 871 g/mol. The van der Waals surface area contributed by atoms with Crippen molar-refractivity contribution in [2.24, 2.45) is 0 Å². The van der Waals surface area contributed by atoms with Crippen LogP contribution in [-0.4, -0.2) is 99.6 Å². The average molecular weight is 978 g/mol. The smallest absolute Gasteiger partial charge is 0.306 e. The highest BCUT2D eigenvalue weighted by Gasteiger charge is 2.47. The molecule has 1 saturated heterocycles. The van der Waals surface area contributed by atoms with Crippen LogP contribution in [0.25, 0.3) is 0 Å². The standard InChI is InChI=1S/C58H107NO10/c1-4-7-10-13-16-19-22-24-25-26-27-28-31-34-37-40-43-46-53(63)69-56-55(65)54(64)52(47-60)68-58(56)67-48-49(50(61)44-41-38-35-32-29-21-18-15-12-9-6-3)59-57(66)51(62)45-42-39-36-33-30-23-20-17-14-11-8-5-2/h24-25,30,33,41,44,49-52,54-56,58,60-62,64-65H,4-23,26-29,31-32,34-40,42-43,45-48H2,1-3H3,(H,59,66)/b25-24+,33-30-,44-41+. The maximum atomic E-state index is 13.3. The molecule has 1 amide bonds. The lowest BCUT2D eigenvalue weighted by Gasteiger charge is -2.41. The number of unbranched alkanes of at least 4 members (excludes halogenated alkanes) is 30. The van der Waals surface area contributed by atoms with E-state index in [4.69, 9.17) is 14.2 Å². The number of carbonyl (C=O) groups is 2. The molecule has 0 spiro atoms. The Hall–Kier alpha value is -2.12. The lowest BCUT2D eigenvalue weighted by Crippen LogP contribution is -2.61. The summed E-state index contributed by atoms with van der Waals surface area (Å²) < 4.78 is 17.5. The minimum absolute atomic E-state index is 0.118. The van der Waals surface area contributed by atoms with E-state index in [1.165, 1.54) is 141 Å². The third-order valence-electron chi connectivity index (χ3n) is 13.5. The molecule has 1 aliphatic heterocycles. The van der Waals surface area contributed by atoms with Crippen LogP contribution < -0.4 is 5.32 Å².